The Bertz CT molecular complexity index is 1130. The van der Waals surface area contributed by atoms with Crippen LogP contribution in [-0.4, -0.2) is 50.9 Å². The molecule has 3 rings (SSSR count). The lowest BCUT2D eigenvalue weighted by Gasteiger charge is -2.15. The van der Waals surface area contributed by atoms with Crippen LogP contribution in [0.25, 0.3) is 10.9 Å². The molecule has 0 fully saturated rings. The molecule has 2 aromatic carbocycles. The number of guanidine groups is 1. The number of sulfonamides is 1. The molecule has 0 aliphatic carbocycles. The molecule has 31 heavy (non-hydrogen) atoms. The second-order valence-electron chi connectivity index (χ2n) is 7.13. The van der Waals surface area contributed by atoms with Gasteiger partial charge in [-0.2, -0.15) is 0 Å². The molecule has 9 heteroatoms. The van der Waals surface area contributed by atoms with E-state index in [1.807, 2.05) is 31.3 Å². The van der Waals surface area contributed by atoms with Gasteiger partial charge in [-0.05, 0) is 36.6 Å². The van der Waals surface area contributed by atoms with Crippen LogP contribution >= 0.6 is 24.0 Å². The number of halogens is 1. The average Bonchev–Trinajstić information content (AvgIpc) is 3.15. The monoisotopic (exact) mass is 555 g/mol. The minimum Gasteiger partial charge on any atom is -0.361 e. The zero-order valence-electron chi connectivity index (χ0n) is 18.1. The smallest absolute Gasteiger partial charge is 0.242 e. The summed E-state index contributed by atoms with van der Waals surface area (Å²) >= 11 is 0. The molecule has 0 unspecified atom stereocenters. The fourth-order valence-corrected chi connectivity index (χ4v) is 4.35. The van der Waals surface area contributed by atoms with Crippen LogP contribution in [0.3, 0.4) is 0 Å². The summed E-state index contributed by atoms with van der Waals surface area (Å²) in [5.41, 5.74) is 3.04. The van der Waals surface area contributed by atoms with Gasteiger partial charge in [0, 0.05) is 44.3 Å². The molecule has 0 saturated heterocycles. The fourth-order valence-electron chi connectivity index (χ4n) is 3.24. The largest absolute Gasteiger partial charge is 0.361 e. The van der Waals surface area contributed by atoms with E-state index in [-0.39, 0.29) is 35.4 Å². The van der Waals surface area contributed by atoms with Gasteiger partial charge in [-0.15, -0.1) is 24.0 Å². The third-order valence-corrected chi connectivity index (χ3v) is 6.76. The number of aliphatic imine (C=N–C) groups is 1. The van der Waals surface area contributed by atoms with Crippen molar-refractivity contribution in [1.82, 2.24) is 19.9 Å². The molecule has 0 spiro atoms. The summed E-state index contributed by atoms with van der Waals surface area (Å²) in [6, 6.07) is 15.2. The van der Waals surface area contributed by atoms with Crippen molar-refractivity contribution in [2.24, 2.45) is 4.99 Å². The first kappa shape index (κ1) is 25.2. The Hall–Kier alpha value is -2.11. The van der Waals surface area contributed by atoms with Crippen molar-refractivity contribution < 1.29 is 8.42 Å². The van der Waals surface area contributed by atoms with Crippen LogP contribution in [0, 0.1) is 0 Å². The Morgan fingerprint density at radius 3 is 2.48 bits per heavy atom. The quantitative estimate of drug-likeness (QED) is 0.226. The van der Waals surface area contributed by atoms with E-state index in [0.717, 1.165) is 18.5 Å². The zero-order chi connectivity index (χ0) is 21.6. The Morgan fingerprint density at radius 2 is 1.74 bits per heavy atom. The van der Waals surface area contributed by atoms with Crippen LogP contribution in [0.5, 0.6) is 0 Å². The molecule has 168 valence electrons. The number of para-hydroxylation sites is 1. The highest BCUT2D eigenvalue weighted by molar-refractivity contribution is 14.0. The van der Waals surface area contributed by atoms with Gasteiger partial charge in [0.25, 0.3) is 0 Å². The average molecular weight is 555 g/mol. The molecule has 1 aromatic heterocycles. The molecule has 0 aliphatic heterocycles. The molecule has 0 saturated carbocycles. The Morgan fingerprint density at radius 1 is 1.03 bits per heavy atom. The Labute approximate surface area is 201 Å². The van der Waals surface area contributed by atoms with Crippen molar-refractivity contribution in [3.05, 3.63) is 65.9 Å². The lowest BCUT2D eigenvalue weighted by Crippen LogP contribution is -2.38. The summed E-state index contributed by atoms with van der Waals surface area (Å²) in [7, 11) is -0.448. The van der Waals surface area contributed by atoms with Crippen LogP contribution in [0.2, 0.25) is 0 Å². The number of nitrogens with one attached hydrogen (secondary N) is 3. The zero-order valence-corrected chi connectivity index (χ0v) is 21.2. The molecule has 0 bridgehead atoms. The van der Waals surface area contributed by atoms with Gasteiger partial charge < -0.3 is 15.6 Å². The third kappa shape index (κ3) is 6.20. The standard InChI is InChI=1S/C22H29N5O2S.HI/c1-4-23-22(24-14-13-17-15-25-20-11-7-6-10-19(17)20)26-16-18-9-5-8-12-21(18)30(28,29)27(2)3;/h5-12,15,25H,4,13-14,16H2,1-3H3,(H2,23,24,26);1H. The van der Waals surface area contributed by atoms with Gasteiger partial charge in [-0.25, -0.2) is 17.7 Å². The second kappa shape index (κ2) is 11.5. The minimum absolute atomic E-state index is 0. The third-order valence-electron chi connectivity index (χ3n) is 4.84. The highest BCUT2D eigenvalue weighted by Gasteiger charge is 2.20. The lowest BCUT2D eigenvalue weighted by molar-refractivity contribution is 0.519. The maximum atomic E-state index is 12.6. The predicted molar refractivity (Wildman–Crippen MR) is 138 cm³/mol. The summed E-state index contributed by atoms with van der Waals surface area (Å²) in [6.07, 6.45) is 2.89. The summed E-state index contributed by atoms with van der Waals surface area (Å²) in [5.74, 6) is 0.661. The first-order valence-electron chi connectivity index (χ1n) is 10.0. The number of hydrogen-bond donors (Lipinski definition) is 3. The van der Waals surface area contributed by atoms with Crippen molar-refractivity contribution in [2.75, 3.05) is 27.2 Å². The van der Waals surface area contributed by atoms with E-state index in [0.29, 0.717) is 18.1 Å². The van der Waals surface area contributed by atoms with E-state index < -0.39 is 10.0 Å². The number of rotatable bonds is 8. The lowest BCUT2D eigenvalue weighted by atomic mass is 10.1. The van der Waals surface area contributed by atoms with Crippen LogP contribution < -0.4 is 10.6 Å². The molecule has 7 nitrogen and oxygen atoms in total. The van der Waals surface area contributed by atoms with E-state index >= 15 is 0 Å². The first-order chi connectivity index (χ1) is 14.4. The molecular weight excluding hydrogens is 525 g/mol. The van der Waals surface area contributed by atoms with Gasteiger partial charge in [0.15, 0.2) is 5.96 Å². The Kier molecular flexibility index (Phi) is 9.32. The summed E-state index contributed by atoms with van der Waals surface area (Å²) in [5, 5.41) is 7.79. The van der Waals surface area contributed by atoms with Crippen molar-refractivity contribution in [1.29, 1.82) is 0 Å². The van der Waals surface area contributed by atoms with Gasteiger partial charge >= 0.3 is 0 Å². The summed E-state index contributed by atoms with van der Waals surface area (Å²) in [6.45, 7) is 3.70. The highest BCUT2D eigenvalue weighted by atomic mass is 127. The number of hydrogen-bond acceptors (Lipinski definition) is 3. The topological polar surface area (TPSA) is 89.6 Å². The second-order valence-corrected chi connectivity index (χ2v) is 9.25. The molecule has 0 radical (unpaired) electrons. The van der Waals surface area contributed by atoms with Gasteiger partial charge in [0.05, 0.1) is 11.4 Å². The van der Waals surface area contributed by atoms with Gasteiger partial charge in [-0.1, -0.05) is 36.4 Å². The molecule has 1 heterocycles. The molecule has 0 aliphatic rings. The van der Waals surface area contributed by atoms with E-state index in [1.54, 1.807) is 18.2 Å². The minimum atomic E-state index is -3.52. The van der Waals surface area contributed by atoms with E-state index in [1.165, 1.54) is 29.4 Å². The van der Waals surface area contributed by atoms with E-state index in [4.69, 9.17) is 0 Å². The van der Waals surface area contributed by atoms with Crippen molar-refractivity contribution in [3.63, 3.8) is 0 Å². The SMILES string of the molecule is CCNC(=NCc1ccccc1S(=O)(=O)N(C)C)NCCc1c[nH]c2ccccc12.I. The number of aromatic nitrogens is 1. The number of benzene rings is 2. The van der Waals surface area contributed by atoms with Gasteiger partial charge in [0.2, 0.25) is 10.0 Å². The van der Waals surface area contributed by atoms with E-state index in [9.17, 15) is 8.42 Å². The maximum absolute atomic E-state index is 12.6. The fraction of sp³-hybridized carbons (Fsp3) is 0.318. The first-order valence-corrected chi connectivity index (χ1v) is 11.4. The molecular formula is C22H30IN5O2S. The van der Waals surface area contributed by atoms with Crippen LogP contribution in [0.4, 0.5) is 0 Å². The van der Waals surface area contributed by atoms with Crippen LogP contribution in [-0.2, 0) is 23.0 Å². The van der Waals surface area contributed by atoms with Crippen molar-refractivity contribution in [2.45, 2.75) is 24.8 Å². The predicted octanol–water partition coefficient (Wildman–Crippen LogP) is 3.33. The van der Waals surface area contributed by atoms with Crippen molar-refractivity contribution >= 4 is 50.9 Å². The number of fused-ring (bicyclic) bond motifs is 1. The van der Waals surface area contributed by atoms with Crippen LogP contribution in [0.1, 0.15) is 18.1 Å². The van der Waals surface area contributed by atoms with Gasteiger partial charge in [-0.3, -0.25) is 0 Å². The maximum Gasteiger partial charge on any atom is 0.242 e. The molecule has 0 amide bonds. The molecule has 0 atom stereocenters. The molecule has 3 aromatic rings. The van der Waals surface area contributed by atoms with Crippen molar-refractivity contribution in [3.8, 4) is 0 Å². The number of nitrogens with zero attached hydrogens (tertiary/aromatic N) is 2. The normalized spacial score (nSPS) is 12.1. The molecule has 3 N–H and O–H groups in total. The number of aromatic amines is 1. The summed E-state index contributed by atoms with van der Waals surface area (Å²) in [4.78, 5) is 8.18. The van der Waals surface area contributed by atoms with E-state index in [2.05, 4.69) is 32.7 Å². The van der Waals surface area contributed by atoms with Crippen LogP contribution in [0.15, 0.2) is 64.6 Å². The summed E-state index contributed by atoms with van der Waals surface area (Å²) < 4.78 is 26.4. The Balaban J connectivity index is 0.00000341. The van der Waals surface area contributed by atoms with Gasteiger partial charge in [0.1, 0.15) is 0 Å². The highest BCUT2D eigenvalue weighted by Crippen LogP contribution is 2.19. The number of H-pyrrole nitrogens is 1.